The van der Waals surface area contributed by atoms with E-state index in [-0.39, 0.29) is 41.3 Å². The lowest BCUT2D eigenvalue weighted by molar-refractivity contribution is -0.142. The van der Waals surface area contributed by atoms with Gasteiger partial charge in [-0.2, -0.15) is 26.3 Å². The molecule has 1 saturated carbocycles. The third-order valence-electron chi connectivity index (χ3n) is 9.29. The van der Waals surface area contributed by atoms with Crippen molar-refractivity contribution in [2.45, 2.75) is 68.3 Å². The van der Waals surface area contributed by atoms with Gasteiger partial charge in [0, 0.05) is 35.9 Å². The number of carbonyl (C=O) groups is 1. The molecule has 12 heteroatoms. The second kappa shape index (κ2) is 9.45. The highest BCUT2D eigenvalue weighted by Gasteiger charge is 2.47. The van der Waals surface area contributed by atoms with Crippen LogP contribution in [-0.4, -0.2) is 37.8 Å². The van der Waals surface area contributed by atoms with Gasteiger partial charge in [0.25, 0.3) is 0 Å². The summed E-state index contributed by atoms with van der Waals surface area (Å²) in [6.45, 7) is 0.278. The van der Waals surface area contributed by atoms with Crippen LogP contribution in [-0.2, 0) is 22.6 Å². The summed E-state index contributed by atoms with van der Waals surface area (Å²) in [5.41, 5.74) is 6.07. The molecule has 43 heavy (non-hydrogen) atoms. The summed E-state index contributed by atoms with van der Waals surface area (Å²) >= 11 is 0. The topological polar surface area (TPSA) is 76.5 Å². The van der Waals surface area contributed by atoms with Crippen molar-refractivity contribution in [2.24, 2.45) is 0 Å². The Morgan fingerprint density at radius 1 is 0.907 bits per heavy atom. The molecule has 2 aliphatic heterocycles. The first-order valence-corrected chi connectivity index (χ1v) is 14.2. The first-order valence-electron chi connectivity index (χ1n) is 14.2. The average Bonchev–Trinajstić information content (AvgIpc) is 3.57. The number of carbonyl (C=O) groups excluding carboxylic acids is 1. The van der Waals surface area contributed by atoms with E-state index in [0.29, 0.717) is 49.4 Å². The van der Waals surface area contributed by atoms with Crippen molar-refractivity contribution in [3.05, 3.63) is 82.9 Å². The number of hydrogen-bond donors (Lipinski definition) is 1. The number of anilines is 1. The van der Waals surface area contributed by atoms with Gasteiger partial charge in [-0.25, -0.2) is 9.97 Å². The molecule has 2 aromatic carbocycles. The van der Waals surface area contributed by atoms with E-state index in [1.165, 1.54) is 12.1 Å². The number of rotatable bonds is 4. The first kappa shape index (κ1) is 27.7. The second-order valence-corrected chi connectivity index (χ2v) is 11.8. The molecular weight excluding hydrogens is 572 g/mol. The van der Waals surface area contributed by atoms with Gasteiger partial charge in [0.1, 0.15) is 28.5 Å². The van der Waals surface area contributed by atoms with E-state index in [1.807, 2.05) is 0 Å². The van der Waals surface area contributed by atoms with Crippen molar-refractivity contribution in [3.63, 3.8) is 0 Å². The molecule has 7 rings (SSSR count). The summed E-state index contributed by atoms with van der Waals surface area (Å²) in [4.78, 5) is 22.8. The van der Waals surface area contributed by atoms with E-state index in [1.54, 1.807) is 35.2 Å². The molecule has 2 saturated heterocycles. The average molecular weight is 600 g/mol. The zero-order chi connectivity index (χ0) is 30.3. The number of amides is 1. The van der Waals surface area contributed by atoms with Gasteiger partial charge in [-0.15, -0.1) is 0 Å². The number of benzene rings is 2. The van der Waals surface area contributed by atoms with Gasteiger partial charge in [-0.1, -0.05) is 42.5 Å². The summed E-state index contributed by atoms with van der Waals surface area (Å²) in [6, 6.07) is 12.4. The van der Waals surface area contributed by atoms with Crippen molar-refractivity contribution in [1.82, 2.24) is 19.3 Å². The molecule has 224 valence electrons. The molecular formula is C31H27F6N5O. The normalized spacial score (nSPS) is 21.8. The minimum Gasteiger partial charge on any atom is -0.382 e. The Kier molecular flexibility index (Phi) is 6.10. The quantitative estimate of drug-likeness (QED) is 0.257. The molecule has 0 bridgehead atoms. The molecule has 1 amide bonds. The summed E-state index contributed by atoms with van der Waals surface area (Å²) in [6.07, 6.45) is -4.70. The largest absolute Gasteiger partial charge is 0.433 e. The number of nitrogen functional groups attached to an aromatic ring is 1. The lowest BCUT2D eigenvalue weighted by atomic mass is 9.86. The van der Waals surface area contributed by atoms with E-state index in [9.17, 15) is 31.1 Å². The van der Waals surface area contributed by atoms with Crippen LogP contribution >= 0.6 is 0 Å². The molecule has 0 spiro atoms. The zero-order valence-electron chi connectivity index (χ0n) is 22.8. The molecule has 0 unspecified atom stereocenters. The molecule has 2 aromatic heterocycles. The molecule has 4 aromatic rings. The Hall–Kier alpha value is -4.09. The number of hydrogen-bond acceptors (Lipinski definition) is 4. The van der Waals surface area contributed by atoms with E-state index in [4.69, 9.17) is 10.7 Å². The number of aromatic nitrogens is 3. The Morgan fingerprint density at radius 3 is 2.33 bits per heavy atom. The minimum absolute atomic E-state index is 0.00150. The Bertz CT molecular complexity index is 1740. The van der Waals surface area contributed by atoms with Crippen LogP contribution in [0.25, 0.3) is 16.8 Å². The van der Waals surface area contributed by atoms with E-state index in [2.05, 4.69) is 4.98 Å². The van der Waals surface area contributed by atoms with Crippen molar-refractivity contribution >= 4 is 17.2 Å². The maximum Gasteiger partial charge on any atom is 0.433 e. The van der Waals surface area contributed by atoms with Gasteiger partial charge < -0.3 is 10.6 Å². The van der Waals surface area contributed by atoms with Gasteiger partial charge >= 0.3 is 12.4 Å². The standard InChI is InChI=1S/C31H27F6N5O/c32-30(33,34)21-3-1-2-20(14-21)29(12-13-29)19-7-4-17(5-8-19)25-26-27(38)39-15-23(31(35,36)37)42(26)28(40-25)18-6-9-22-10-11-24(43)41(22)16-18/h1-5,7-8,14-15,18,22H,6,9-13,16H2,(H2,38,39)/t18-,22+/m1/s1. The van der Waals surface area contributed by atoms with Crippen LogP contribution in [0.3, 0.4) is 0 Å². The summed E-state index contributed by atoms with van der Waals surface area (Å²) in [7, 11) is 0. The first-order chi connectivity index (χ1) is 20.4. The van der Waals surface area contributed by atoms with Gasteiger partial charge in [0.2, 0.25) is 5.91 Å². The highest BCUT2D eigenvalue weighted by atomic mass is 19.4. The van der Waals surface area contributed by atoms with Crippen molar-refractivity contribution in [1.29, 1.82) is 0 Å². The van der Waals surface area contributed by atoms with Crippen molar-refractivity contribution in [2.75, 3.05) is 12.3 Å². The van der Waals surface area contributed by atoms with Crippen molar-refractivity contribution in [3.8, 4) is 11.3 Å². The number of alkyl halides is 6. The lowest BCUT2D eigenvalue weighted by Crippen LogP contribution is -2.41. The van der Waals surface area contributed by atoms with Gasteiger partial charge in [-0.3, -0.25) is 9.20 Å². The fourth-order valence-corrected chi connectivity index (χ4v) is 6.93. The monoisotopic (exact) mass is 599 g/mol. The third kappa shape index (κ3) is 4.53. The highest BCUT2D eigenvalue weighted by Crippen LogP contribution is 2.54. The lowest BCUT2D eigenvalue weighted by Gasteiger charge is -2.34. The number of piperidine rings is 1. The number of halogens is 6. The van der Waals surface area contributed by atoms with Gasteiger partial charge in [-0.05, 0) is 49.3 Å². The Labute approximate surface area is 242 Å². The predicted octanol–water partition coefficient (Wildman–Crippen LogP) is 6.96. The smallest absolute Gasteiger partial charge is 0.382 e. The predicted molar refractivity (Wildman–Crippen MR) is 146 cm³/mol. The van der Waals surface area contributed by atoms with E-state index < -0.39 is 34.9 Å². The fourth-order valence-electron chi connectivity index (χ4n) is 6.93. The Morgan fingerprint density at radius 2 is 1.65 bits per heavy atom. The van der Waals surface area contributed by atoms with Crippen LogP contribution in [0.1, 0.15) is 72.7 Å². The van der Waals surface area contributed by atoms with E-state index >= 15 is 0 Å². The highest BCUT2D eigenvalue weighted by molar-refractivity contribution is 5.86. The van der Waals surface area contributed by atoms with Gasteiger partial charge in [0.15, 0.2) is 0 Å². The molecule has 3 aliphatic rings. The molecule has 6 nitrogen and oxygen atoms in total. The van der Waals surface area contributed by atoms with E-state index in [0.717, 1.165) is 22.5 Å². The molecule has 2 atom stereocenters. The van der Waals surface area contributed by atoms with Crippen LogP contribution < -0.4 is 5.73 Å². The maximum absolute atomic E-state index is 14.3. The number of nitrogens with zero attached hydrogens (tertiary/aromatic N) is 4. The maximum atomic E-state index is 14.3. The van der Waals surface area contributed by atoms with Gasteiger partial charge in [0.05, 0.1) is 11.8 Å². The zero-order valence-corrected chi connectivity index (χ0v) is 22.8. The van der Waals surface area contributed by atoms with Crippen LogP contribution in [0, 0.1) is 0 Å². The summed E-state index contributed by atoms with van der Waals surface area (Å²) in [5.74, 6) is -0.369. The summed E-state index contributed by atoms with van der Waals surface area (Å²) in [5, 5.41) is 0. The van der Waals surface area contributed by atoms with Crippen molar-refractivity contribution < 1.29 is 31.1 Å². The number of fused-ring (bicyclic) bond motifs is 2. The van der Waals surface area contributed by atoms with Crippen LogP contribution in [0.15, 0.2) is 54.7 Å². The third-order valence-corrected chi connectivity index (χ3v) is 9.29. The molecule has 2 N–H and O–H groups in total. The van der Waals surface area contributed by atoms with Crippen LogP contribution in [0.2, 0.25) is 0 Å². The fraction of sp³-hybridized carbons (Fsp3) is 0.387. The Balaban J connectivity index is 1.31. The molecule has 0 radical (unpaired) electrons. The minimum atomic E-state index is -4.74. The van der Waals surface area contributed by atoms with Crippen LogP contribution in [0.5, 0.6) is 0 Å². The molecule has 4 heterocycles. The van der Waals surface area contributed by atoms with Crippen LogP contribution in [0.4, 0.5) is 32.2 Å². The summed E-state index contributed by atoms with van der Waals surface area (Å²) < 4.78 is 84.0. The SMILES string of the molecule is Nc1ncc(C(F)(F)F)n2c([C@@H]3CC[C@H]4CCC(=O)N4C3)nc(-c3ccc(C4(c5cccc(C(F)(F)F)c5)CC4)cc3)c12. The number of imidazole rings is 1. The molecule has 1 aliphatic carbocycles. The molecule has 3 fully saturated rings. The second-order valence-electron chi connectivity index (χ2n) is 11.8. The number of nitrogens with two attached hydrogens (primary N) is 1.